The molecule has 33 heavy (non-hydrogen) atoms. The predicted molar refractivity (Wildman–Crippen MR) is 126 cm³/mol. The number of hydrogen-bond acceptors (Lipinski definition) is 5. The second-order valence-corrected chi connectivity index (χ2v) is 10.1. The molecule has 9 heteroatoms. The van der Waals surface area contributed by atoms with Crippen molar-refractivity contribution >= 4 is 50.5 Å². The van der Waals surface area contributed by atoms with Crippen molar-refractivity contribution < 1.29 is 22.8 Å². The third-order valence-corrected chi connectivity index (χ3v) is 7.28. The highest BCUT2D eigenvalue weighted by Gasteiger charge is 2.37. The van der Waals surface area contributed by atoms with Crippen molar-refractivity contribution in [2.45, 2.75) is 18.2 Å². The van der Waals surface area contributed by atoms with Gasteiger partial charge in [0.05, 0.1) is 32.5 Å². The first-order chi connectivity index (χ1) is 15.7. The molecule has 1 N–H and O–H groups in total. The second kappa shape index (κ2) is 8.80. The number of carbonyl (C=O) groups is 3. The Kier molecular flexibility index (Phi) is 6.05. The minimum atomic E-state index is -3.60. The summed E-state index contributed by atoms with van der Waals surface area (Å²) in [5, 5.41) is 2.69. The molecule has 0 bridgehead atoms. The number of hydrogen-bond donors (Lipinski definition) is 1. The molecule has 3 aromatic rings. The molecule has 0 fully saturated rings. The highest BCUT2D eigenvalue weighted by Crippen LogP contribution is 2.34. The largest absolute Gasteiger partial charge is 0.326 e. The van der Waals surface area contributed by atoms with Crippen molar-refractivity contribution in [1.82, 2.24) is 0 Å². The Hall–Kier alpha value is -3.49. The average Bonchev–Trinajstić information content (AvgIpc) is 3.03. The molecular formula is C24H19ClN2O5S. The van der Waals surface area contributed by atoms with E-state index in [0.717, 1.165) is 10.5 Å². The summed E-state index contributed by atoms with van der Waals surface area (Å²) in [4.78, 5) is 38.8. The standard InChI is InChI=1S/C24H19ClN2O5S/c1-15-6-9-17(10-7-15)33(31,32)13-12-22(28)26-16-8-11-21(20(25)14-16)27-23(29)18-4-2-3-5-19(18)24(27)30/h2-11,14H,12-13H2,1H3,(H,26,28). The van der Waals surface area contributed by atoms with Crippen molar-refractivity contribution in [3.8, 4) is 0 Å². The van der Waals surface area contributed by atoms with Crippen LogP contribution in [0.15, 0.2) is 71.6 Å². The number of rotatable bonds is 6. The molecule has 3 amide bonds. The van der Waals surface area contributed by atoms with Crippen LogP contribution in [0.25, 0.3) is 0 Å². The first-order valence-electron chi connectivity index (χ1n) is 10.0. The number of carbonyl (C=O) groups excluding carboxylic acids is 3. The molecule has 168 valence electrons. The monoisotopic (exact) mass is 482 g/mol. The van der Waals surface area contributed by atoms with Gasteiger partial charge < -0.3 is 5.32 Å². The van der Waals surface area contributed by atoms with Crippen molar-refractivity contribution in [2.24, 2.45) is 0 Å². The minimum Gasteiger partial charge on any atom is -0.326 e. The zero-order valence-corrected chi connectivity index (χ0v) is 19.1. The number of nitrogens with zero attached hydrogens (tertiary/aromatic N) is 1. The van der Waals surface area contributed by atoms with Crippen molar-refractivity contribution in [3.63, 3.8) is 0 Å². The number of anilines is 2. The van der Waals surface area contributed by atoms with Gasteiger partial charge in [0.25, 0.3) is 11.8 Å². The van der Waals surface area contributed by atoms with E-state index < -0.39 is 27.6 Å². The molecule has 0 saturated carbocycles. The second-order valence-electron chi connectivity index (χ2n) is 7.59. The maximum absolute atomic E-state index is 12.7. The van der Waals surface area contributed by atoms with Crippen LogP contribution >= 0.6 is 11.6 Å². The summed E-state index contributed by atoms with van der Waals surface area (Å²) in [5.41, 5.74) is 2.05. The predicted octanol–water partition coefficient (Wildman–Crippen LogP) is 4.25. The van der Waals surface area contributed by atoms with Gasteiger partial charge in [-0.2, -0.15) is 0 Å². The molecule has 1 aliphatic heterocycles. The Morgan fingerprint density at radius 3 is 2.12 bits per heavy atom. The quantitative estimate of drug-likeness (QED) is 0.529. The Balaban J connectivity index is 1.44. The number of imide groups is 1. The zero-order chi connectivity index (χ0) is 23.8. The van der Waals surface area contributed by atoms with E-state index in [-0.39, 0.29) is 27.8 Å². The number of aryl methyl sites for hydroxylation is 1. The van der Waals surface area contributed by atoms with Crippen LogP contribution in [-0.2, 0) is 14.6 Å². The van der Waals surface area contributed by atoms with Crippen molar-refractivity contribution in [3.05, 3.63) is 88.4 Å². The van der Waals surface area contributed by atoms with Crippen molar-refractivity contribution in [1.29, 1.82) is 0 Å². The third kappa shape index (κ3) is 4.53. The maximum Gasteiger partial charge on any atom is 0.266 e. The summed E-state index contributed by atoms with van der Waals surface area (Å²) >= 11 is 6.32. The molecule has 0 atom stereocenters. The van der Waals surface area contributed by atoms with Gasteiger partial charge in [-0.05, 0) is 49.4 Å². The average molecular weight is 483 g/mol. The Bertz CT molecular complexity index is 1350. The molecule has 4 rings (SSSR count). The lowest BCUT2D eigenvalue weighted by atomic mass is 10.1. The van der Waals surface area contributed by atoms with Gasteiger partial charge in [-0.1, -0.05) is 41.4 Å². The van der Waals surface area contributed by atoms with E-state index in [1.54, 1.807) is 36.4 Å². The lowest BCUT2D eigenvalue weighted by molar-refractivity contribution is -0.115. The van der Waals surface area contributed by atoms with Gasteiger partial charge in [-0.3, -0.25) is 14.4 Å². The van der Waals surface area contributed by atoms with Gasteiger partial charge in [-0.25, -0.2) is 13.3 Å². The van der Waals surface area contributed by atoms with E-state index >= 15 is 0 Å². The van der Waals surface area contributed by atoms with Crippen molar-refractivity contribution in [2.75, 3.05) is 16.0 Å². The topological polar surface area (TPSA) is 101 Å². The number of benzene rings is 3. The number of halogens is 1. The van der Waals surface area contributed by atoms with E-state index in [1.165, 1.54) is 30.3 Å². The number of nitrogens with one attached hydrogen (secondary N) is 1. The fraction of sp³-hybridized carbons (Fsp3) is 0.125. The van der Waals surface area contributed by atoms with Gasteiger partial charge in [0.1, 0.15) is 0 Å². The van der Waals surface area contributed by atoms with E-state index in [2.05, 4.69) is 5.32 Å². The number of sulfone groups is 1. The van der Waals surface area contributed by atoms with Crippen LogP contribution in [0.1, 0.15) is 32.7 Å². The third-order valence-electron chi connectivity index (χ3n) is 5.24. The minimum absolute atomic E-state index is 0.0922. The summed E-state index contributed by atoms with van der Waals surface area (Å²) in [6.07, 6.45) is -0.242. The van der Waals surface area contributed by atoms with Gasteiger partial charge in [0.2, 0.25) is 5.91 Å². The first kappa shape index (κ1) is 22.7. The summed E-state index contributed by atoms with van der Waals surface area (Å²) in [6, 6.07) is 17.3. The molecule has 7 nitrogen and oxygen atoms in total. The van der Waals surface area contributed by atoms with Gasteiger partial charge in [0.15, 0.2) is 9.84 Å². The normalized spacial score (nSPS) is 13.2. The Labute approximate surface area is 195 Å². The molecule has 0 saturated heterocycles. The zero-order valence-electron chi connectivity index (χ0n) is 17.5. The maximum atomic E-state index is 12.7. The molecule has 0 spiro atoms. The Morgan fingerprint density at radius 2 is 1.55 bits per heavy atom. The van der Waals surface area contributed by atoms with Crippen LogP contribution in [0.2, 0.25) is 5.02 Å². The van der Waals surface area contributed by atoms with E-state index in [0.29, 0.717) is 16.8 Å². The molecule has 0 aliphatic carbocycles. The molecular weight excluding hydrogens is 464 g/mol. The SMILES string of the molecule is Cc1ccc(S(=O)(=O)CCC(=O)Nc2ccc(N3C(=O)c4ccccc4C3=O)c(Cl)c2)cc1. The van der Waals surface area contributed by atoms with E-state index in [9.17, 15) is 22.8 Å². The van der Waals surface area contributed by atoms with Gasteiger partial charge in [-0.15, -0.1) is 0 Å². The summed E-state index contributed by atoms with van der Waals surface area (Å²) in [7, 11) is -3.60. The molecule has 1 heterocycles. The van der Waals surface area contributed by atoms with Crippen LogP contribution in [0.4, 0.5) is 11.4 Å². The van der Waals surface area contributed by atoms with Crippen LogP contribution in [-0.4, -0.2) is 31.9 Å². The molecule has 0 radical (unpaired) electrons. The molecule has 0 aromatic heterocycles. The number of fused-ring (bicyclic) bond motifs is 1. The summed E-state index contributed by atoms with van der Waals surface area (Å²) in [6.45, 7) is 1.86. The lowest BCUT2D eigenvalue weighted by Crippen LogP contribution is -2.29. The fourth-order valence-corrected chi connectivity index (χ4v) is 4.99. The van der Waals surface area contributed by atoms with Crippen LogP contribution in [0, 0.1) is 6.92 Å². The molecule has 3 aromatic carbocycles. The number of amides is 3. The van der Waals surface area contributed by atoms with Crippen LogP contribution in [0.5, 0.6) is 0 Å². The molecule has 1 aliphatic rings. The lowest BCUT2D eigenvalue weighted by Gasteiger charge is -2.16. The first-order valence-corrected chi connectivity index (χ1v) is 12.1. The van der Waals surface area contributed by atoms with Gasteiger partial charge in [0, 0.05) is 12.1 Å². The van der Waals surface area contributed by atoms with E-state index in [1.807, 2.05) is 6.92 Å². The summed E-state index contributed by atoms with van der Waals surface area (Å²) in [5.74, 6) is -1.80. The van der Waals surface area contributed by atoms with Crippen LogP contribution < -0.4 is 10.2 Å². The van der Waals surface area contributed by atoms with Gasteiger partial charge >= 0.3 is 0 Å². The smallest absolute Gasteiger partial charge is 0.266 e. The van der Waals surface area contributed by atoms with E-state index in [4.69, 9.17) is 11.6 Å². The molecule has 0 unspecified atom stereocenters. The highest BCUT2D eigenvalue weighted by atomic mass is 35.5. The fourth-order valence-electron chi connectivity index (χ4n) is 3.49. The highest BCUT2D eigenvalue weighted by molar-refractivity contribution is 7.91. The Morgan fingerprint density at radius 1 is 0.939 bits per heavy atom. The summed E-state index contributed by atoms with van der Waals surface area (Å²) < 4.78 is 24.9. The van der Waals surface area contributed by atoms with Crippen LogP contribution in [0.3, 0.4) is 0 Å².